The summed E-state index contributed by atoms with van der Waals surface area (Å²) in [6.45, 7) is 8.48. The van der Waals surface area contributed by atoms with Crippen LogP contribution in [0.5, 0.6) is 0 Å². The van der Waals surface area contributed by atoms with Crippen LogP contribution in [0.15, 0.2) is 11.6 Å². The lowest BCUT2D eigenvalue weighted by molar-refractivity contribution is 0.410. The van der Waals surface area contributed by atoms with E-state index in [0.29, 0.717) is 18.2 Å². The molecule has 2 nitrogen and oxygen atoms in total. The first-order valence-electron chi connectivity index (χ1n) is 4.51. The topological polar surface area (TPSA) is 40.5 Å². The molecule has 0 heterocycles. The lowest BCUT2D eigenvalue weighted by Gasteiger charge is -2.15. The molecule has 0 saturated heterocycles. The van der Waals surface area contributed by atoms with Gasteiger partial charge in [0.1, 0.15) is 0 Å². The molecule has 0 atom stereocenters. The van der Waals surface area contributed by atoms with Gasteiger partial charge < -0.3 is 10.0 Å². The predicted octanol–water partition coefficient (Wildman–Crippen LogP) is 1.70. The van der Waals surface area contributed by atoms with E-state index >= 15 is 0 Å². The summed E-state index contributed by atoms with van der Waals surface area (Å²) in [5.41, 5.74) is 1.29. The Morgan fingerprint density at radius 3 is 1.83 bits per heavy atom. The maximum Gasteiger partial charge on any atom is 0.455 e. The van der Waals surface area contributed by atoms with E-state index in [1.165, 1.54) is 5.57 Å². The van der Waals surface area contributed by atoms with E-state index in [1.54, 1.807) is 0 Å². The lowest BCUT2D eigenvalue weighted by Crippen LogP contribution is -2.10. The summed E-state index contributed by atoms with van der Waals surface area (Å²) in [6.07, 6.45) is 2.27. The highest BCUT2D eigenvalue weighted by Gasteiger charge is 2.10. The van der Waals surface area contributed by atoms with Crippen molar-refractivity contribution < 1.29 is 10.0 Å². The first-order valence-corrected chi connectivity index (χ1v) is 4.51. The monoisotopic (exact) mass is 170 g/mol. The van der Waals surface area contributed by atoms with Gasteiger partial charge in [0, 0.05) is 6.32 Å². The normalized spacial score (nSPS) is 10.7. The van der Waals surface area contributed by atoms with E-state index in [0.717, 1.165) is 0 Å². The van der Waals surface area contributed by atoms with Gasteiger partial charge >= 0.3 is 7.12 Å². The quantitative estimate of drug-likeness (QED) is 0.497. The van der Waals surface area contributed by atoms with Gasteiger partial charge in [0.05, 0.1) is 0 Å². The largest absolute Gasteiger partial charge is 0.455 e. The van der Waals surface area contributed by atoms with Crippen molar-refractivity contribution in [2.75, 3.05) is 0 Å². The molecule has 0 bridgehead atoms. The second kappa shape index (κ2) is 5.38. The van der Waals surface area contributed by atoms with Gasteiger partial charge in [0.25, 0.3) is 0 Å². The minimum absolute atomic E-state index is 0.339. The molecule has 0 spiro atoms. The number of rotatable bonds is 4. The summed E-state index contributed by atoms with van der Waals surface area (Å²) < 4.78 is 0. The first-order chi connectivity index (χ1) is 5.45. The van der Waals surface area contributed by atoms with Gasteiger partial charge in [-0.05, 0) is 11.8 Å². The maximum atomic E-state index is 8.68. The van der Waals surface area contributed by atoms with Crippen LogP contribution in [-0.2, 0) is 0 Å². The van der Waals surface area contributed by atoms with E-state index in [4.69, 9.17) is 10.0 Å². The van der Waals surface area contributed by atoms with Crippen molar-refractivity contribution >= 4 is 7.12 Å². The Kier molecular flexibility index (Phi) is 5.26. The highest BCUT2D eigenvalue weighted by molar-refractivity contribution is 6.41. The molecule has 0 rings (SSSR count). The lowest BCUT2D eigenvalue weighted by atomic mass is 9.82. The standard InChI is InChI=1S/C9H19BO2/c1-7(2)9(8(3)4)5-6-10(11)12/h5,7-8,11-12H,6H2,1-4H3. The summed E-state index contributed by atoms with van der Waals surface area (Å²) in [7, 11) is -1.21. The highest BCUT2D eigenvalue weighted by Crippen LogP contribution is 2.19. The van der Waals surface area contributed by atoms with Gasteiger partial charge in [0.2, 0.25) is 0 Å². The fourth-order valence-electron chi connectivity index (χ4n) is 1.38. The number of hydrogen-bond donors (Lipinski definition) is 2. The second-order valence-electron chi connectivity index (χ2n) is 3.73. The van der Waals surface area contributed by atoms with Crippen LogP contribution in [0.1, 0.15) is 27.7 Å². The molecular weight excluding hydrogens is 151 g/mol. The molecule has 0 radical (unpaired) electrons. The molecule has 2 N–H and O–H groups in total. The van der Waals surface area contributed by atoms with Crippen LogP contribution in [0, 0.1) is 11.8 Å². The van der Waals surface area contributed by atoms with Crippen molar-refractivity contribution in [2.45, 2.75) is 34.0 Å². The summed E-state index contributed by atoms with van der Waals surface area (Å²) in [5, 5.41) is 17.4. The molecular formula is C9H19BO2. The fraction of sp³-hybridized carbons (Fsp3) is 0.778. The number of allylic oxidation sites excluding steroid dienone is 2. The molecule has 70 valence electrons. The van der Waals surface area contributed by atoms with Gasteiger partial charge in [-0.15, -0.1) is 0 Å². The molecule has 0 aromatic carbocycles. The molecule has 0 aromatic heterocycles. The van der Waals surface area contributed by atoms with Gasteiger partial charge in [-0.25, -0.2) is 0 Å². The van der Waals surface area contributed by atoms with Gasteiger partial charge in [-0.2, -0.15) is 0 Å². The number of hydrogen-bond acceptors (Lipinski definition) is 2. The summed E-state index contributed by atoms with van der Waals surface area (Å²) in [4.78, 5) is 0. The third-order valence-corrected chi connectivity index (χ3v) is 1.90. The summed E-state index contributed by atoms with van der Waals surface area (Å²) in [6, 6.07) is 0. The van der Waals surface area contributed by atoms with E-state index < -0.39 is 7.12 Å². The Bertz CT molecular complexity index is 141. The average Bonchev–Trinajstić information content (AvgIpc) is 1.84. The van der Waals surface area contributed by atoms with Crippen molar-refractivity contribution in [3.8, 4) is 0 Å². The van der Waals surface area contributed by atoms with E-state index in [1.807, 2.05) is 6.08 Å². The predicted molar refractivity (Wildman–Crippen MR) is 52.8 cm³/mol. The van der Waals surface area contributed by atoms with Gasteiger partial charge in [-0.1, -0.05) is 39.3 Å². The van der Waals surface area contributed by atoms with Crippen LogP contribution in [-0.4, -0.2) is 17.2 Å². The van der Waals surface area contributed by atoms with Crippen LogP contribution >= 0.6 is 0 Å². The molecule has 3 heteroatoms. The molecule has 0 fully saturated rings. The Labute approximate surface area is 75.5 Å². The average molecular weight is 170 g/mol. The van der Waals surface area contributed by atoms with Gasteiger partial charge in [0.15, 0.2) is 0 Å². The zero-order chi connectivity index (χ0) is 9.72. The third kappa shape index (κ3) is 4.57. The first kappa shape index (κ1) is 11.7. The third-order valence-electron chi connectivity index (χ3n) is 1.90. The Morgan fingerprint density at radius 2 is 1.58 bits per heavy atom. The molecule has 0 aliphatic rings. The Hall–Kier alpha value is -0.275. The maximum absolute atomic E-state index is 8.68. The van der Waals surface area contributed by atoms with E-state index in [9.17, 15) is 0 Å². The van der Waals surface area contributed by atoms with Crippen LogP contribution in [0.3, 0.4) is 0 Å². The van der Waals surface area contributed by atoms with Crippen LogP contribution in [0.25, 0.3) is 0 Å². The SMILES string of the molecule is CC(C)C(=CCB(O)O)C(C)C. The van der Waals surface area contributed by atoms with E-state index in [2.05, 4.69) is 27.7 Å². The summed E-state index contributed by atoms with van der Waals surface area (Å²) in [5.74, 6) is 0.979. The van der Waals surface area contributed by atoms with Crippen molar-refractivity contribution in [2.24, 2.45) is 11.8 Å². The minimum Gasteiger partial charge on any atom is -0.427 e. The molecule has 0 saturated carbocycles. The Balaban J connectivity index is 4.19. The Morgan fingerprint density at radius 1 is 1.17 bits per heavy atom. The van der Waals surface area contributed by atoms with Crippen LogP contribution in [0.2, 0.25) is 6.32 Å². The highest BCUT2D eigenvalue weighted by atomic mass is 16.4. The fourth-order valence-corrected chi connectivity index (χ4v) is 1.38. The molecule has 0 unspecified atom stereocenters. The van der Waals surface area contributed by atoms with Crippen LogP contribution < -0.4 is 0 Å². The molecule has 12 heavy (non-hydrogen) atoms. The smallest absolute Gasteiger partial charge is 0.427 e. The molecule has 0 aliphatic carbocycles. The molecule has 0 aliphatic heterocycles. The summed E-state index contributed by atoms with van der Waals surface area (Å²) >= 11 is 0. The van der Waals surface area contributed by atoms with Crippen molar-refractivity contribution in [1.29, 1.82) is 0 Å². The van der Waals surface area contributed by atoms with Crippen molar-refractivity contribution in [1.82, 2.24) is 0 Å². The zero-order valence-corrected chi connectivity index (χ0v) is 8.41. The second-order valence-corrected chi connectivity index (χ2v) is 3.73. The molecule has 0 aromatic rings. The van der Waals surface area contributed by atoms with Crippen molar-refractivity contribution in [3.63, 3.8) is 0 Å². The van der Waals surface area contributed by atoms with Gasteiger partial charge in [-0.3, -0.25) is 0 Å². The van der Waals surface area contributed by atoms with Crippen LogP contribution in [0.4, 0.5) is 0 Å². The van der Waals surface area contributed by atoms with E-state index in [-0.39, 0.29) is 0 Å². The minimum atomic E-state index is -1.21. The molecule has 0 amide bonds. The zero-order valence-electron chi connectivity index (χ0n) is 8.41. The van der Waals surface area contributed by atoms with Crippen molar-refractivity contribution in [3.05, 3.63) is 11.6 Å².